The van der Waals surface area contributed by atoms with Crippen molar-refractivity contribution < 1.29 is 13.9 Å². The van der Waals surface area contributed by atoms with E-state index in [1.807, 2.05) is 0 Å². The van der Waals surface area contributed by atoms with Gasteiger partial charge in [-0.25, -0.2) is 4.39 Å². The van der Waals surface area contributed by atoms with Crippen molar-refractivity contribution in [2.45, 2.75) is 32.6 Å². The summed E-state index contributed by atoms with van der Waals surface area (Å²) in [7, 11) is 0. The molecule has 0 bridgehead atoms. The first kappa shape index (κ1) is 12.7. The summed E-state index contributed by atoms with van der Waals surface area (Å²) in [5.41, 5.74) is 0.274. The molecule has 0 aromatic heterocycles. The zero-order valence-corrected chi connectivity index (χ0v) is 9.54. The number of ether oxygens (including phenoxy) is 1. The molecule has 0 aliphatic carbocycles. The van der Waals surface area contributed by atoms with E-state index >= 15 is 0 Å². The predicted molar refractivity (Wildman–Crippen MR) is 61.4 cm³/mol. The van der Waals surface area contributed by atoms with Crippen LogP contribution in [-0.4, -0.2) is 12.9 Å². The molecule has 0 heterocycles. The van der Waals surface area contributed by atoms with E-state index < -0.39 is 5.82 Å². The van der Waals surface area contributed by atoms with E-state index in [4.69, 9.17) is 4.74 Å². The highest BCUT2D eigenvalue weighted by Crippen LogP contribution is 2.18. The molecule has 2 nitrogen and oxygen atoms in total. The van der Waals surface area contributed by atoms with Gasteiger partial charge in [-0.15, -0.1) is 0 Å². The Bertz CT molecular complexity index is 337. The van der Waals surface area contributed by atoms with Gasteiger partial charge in [0, 0.05) is 0 Å². The van der Waals surface area contributed by atoms with Crippen LogP contribution in [0.15, 0.2) is 18.2 Å². The molecule has 0 N–H and O–H groups in total. The monoisotopic (exact) mass is 224 g/mol. The summed E-state index contributed by atoms with van der Waals surface area (Å²) in [4.78, 5) is 10.7. The van der Waals surface area contributed by atoms with Crippen molar-refractivity contribution in [1.82, 2.24) is 0 Å². The van der Waals surface area contributed by atoms with Crippen LogP contribution in [0.2, 0.25) is 0 Å². The normalized spacial score (nSPS) is 10.1. The second-order valence-electron chi connectivity index (χ2n) is 3.71. The summed E-state index contributed by atoms with van der Waals surface area (Å²) in [6.07, 6.45) is 5.06. The van der Waals surface area contributed by atoms with Gasteiger partial charge in [-0.05, 0) is 24.6 Å². The van der Waals surface area contributed by atoms with E-state index in [0.717, 1.165) is 12.8 Å². The highest BCUT2D eigenvalue weighted by molar-refractivity contribution is 5.79. The van der Waals surface area contributed by atoms with E-state index in [2.05, 4.69) is 6.92 Å². The lowest BCUT2D eigenvalue weighted by Gasteiger charge is -2.07. The Morgan fingerprint density at radius 2 is 2.12 bits per heavy atom. The molecule has 0 fully saturated rings. The quantitative estimate of drug-likeness (QED) is 0.522. The fraction of sp³-hybridized carbons (Fsp3) is 0.462. The molecule has 3 heteroatoms. The predicted octanol–water partition coefficient (Wildman–Crippen LogP) is 3.60. The highest BCUT2D eigenvalue weighted by atomic mass is 19.1. The van der Waals surface area contributed by atoms with E-state index in [1.165, 1.54) is 31.0 Å². The van der Waals surface area contributed by atoms with Crippen molar-refractivity contribution in [3.8, 4) is 5.75 Å². The SMILES string of the molecule is CCCCCCOc1ccc(F)cc1C=O. The zero-order chi connectivity index (χ0) is 11.8. The molecule has 1 aromatic rings. The Labute approximate surface area is 95.4 Å². The summed E-state index contributed by atoms with van der Waals surface area (Å²) in [5.74, 6) is 0.0494. The Morgan fingerprint density at radius 1 is 1.31 bits per heavy atom. The van der Waals surface area contributed by atoms with Gasteiger partial charge in [0.15, 0.2) is 6.29 Å². The van der Waals surface area contributed by atoms with Gasteiger partial charge in [0.25, 0.3) is 0 Å². The lowest BCUT2D eigenvalue weighted by atomic mass is 10.2. The lowest BCUT2D eigenvalue weighted by Crippen LogP contribution is -2.00. The molecule has 0 radical (unpaired) electrons. The smallest absolute Gasteiger partial charge is 0.153 e. The molecular weight excluding hydrogens is 207 g/mol. The van der Waals surface area contributed by atoms with Gasteiger partial charge in [0.2, 0.25) is 0 Å². The molecule has 0 aliphatic heterocycles. The minimum atomic E-state index is -0.416. The Kier molecular flexibility index (Phi) is 5.54. The minimum absolute atomic E-state index is 0.274. The van der Waals surface area contributed by atoms with Crippen molar-refractivity contribution in [2.75, 3.05) is 6.61 Å². The van der Waals surface area contributed by atoms with Crippen LogP contribution in [-0.2, 0) is 0 Å². The fourth-order valence-electron chi connectivity index (χ4n) is 1.45. The first-order chi connectivity index (χ1) is 7.77. The molecule has 16 heavy (non-hydrogen) atoms. The molecule has 1 aromatic carbocycles. The minimum Gasteiger partial charge on any atom is -0.493 e. The standard InChI is InChI=1S/C13H17FO2/c1-2-3-4-5-8-16-13-7-6-12(14)9-11(13)10-15/h6-7,9-10H,2-5,8H2,1H3. The average molecular weight is 224 g/mol. The van der Waals surface area contributed by atoms with Crippen LogP contribution < -0.4 is 4.74 Å². The first-order valence-corrected chi connectivity index (χ1v) is 5.65. The number of hydrogen-bond donors (Lipinski definition) is 0. The topological polar surface area (TPSA) is 26.3 Å². The maximum Gasteiger partial charge on any atom is 0.153 e. The van der Waals surface area contributed by atoms with E-state index in [9.17, 15) is 9.18 Å². The number of halogens is 1. The number of hydrogen-bond acceptors (Lipinski definition) is 2. The van der Waals surface area contributed by atoms with Crippen molar-refractivity contribution in [1.29, 1.82) is 0 Å². The van der Waals surface area contributed by atoms with Crippen molar-refractivity contribution in [3.05, 3.63) is 29.6 Å². The van der Waals surface area contributed by atoms with Crippen molar-refractivity contribution in [3.63, 3.8) is 0 Å². The summed E-state index contributed by atoms with van der Waals surface area (Å²) in [6, 6.07) is 3.99. The van der Waals surface area contributed by atoms with Crippen LogP contribution in [0.1, 0.15) is 43.0 Å². The highest BCUT2D eigenvalue weighted by Gasteiger charge is 2.03. The van der Waals surface area contributed by atoms with Crippen molar-refractivity contribution in [2.24, 2.45) is 0 Å². The van der Waals surface area contributed by atoms with Gasteiger partial charge in [-0.3, -0.25) is 4.79 Å². The molecule has 88 valence electrons. The van der Waals surface area contributed by atoms with Crippen molar-refractivity contribution >= 4 is 6.29 Å². The maximum absolute atomic E-state index is 12.8. The summed E-state index contributed by atoms with van der Waals surface area (Å²) >= 11 is 0. The zero-order valence-electron chi connectivity index (χ0n) is 9.54. The Hall–Kier alpha value is -1.38. The molecule has 0 saturated heterocycles. The van der Waals surface area contributed by atoms with Crippen LogP contribution in [0.4, 0.5) is 4.39 Å². The lowest BCUT2D eigenvalue weighted by molar-refractivity contribution is 0.111. The number of rotatable bonds is 7. The van der Waals surface area contributed by atoms with E-state index in [-0.39, 0.29) is 5.56 Å². The number of carbonyl (C=O) groups excluding carboxylic acids is 1. The third-order valence-corrected chi connectivity index (χ3v) is 2.35. The van der Waals surface area contributed by atoms with E-state index in [1.54, 1.807) is 0 Å². The molecule has 0 atom stereocenters. The summed E-state index contributed by atoms with van der Waals surface area (Å²) in [5, 5.41) is 0. The fourth-order valence-corrected chi connectivity index (χ4v) is 1.45. The molecule has 0 spiro atoms. The summed E-state index contributed by atoms with van der Waals surface area (Å²) < 4.78 is 18.2. The number of aldehydes is 1. The number of carbonyl (C=O) groups is 1. The second-order valence-corrected chi connectivity index (χ2v) is 3.71. The van der Waals surface area contributed by atoms with Gasteiger partial charge in [-0.1, -0.05) is 26.2 Å². The molecule has 0 amide bonds. The third-order valence-electron chi connectivity index (χ3n) is 2.35. The Morgan fingerprint density at radius 3 is 2.81 bits per heavy atom. The summed E-state index contributed by atoms with van der Waals surface area (Å²) in [6.45, 7) is 2.72. The average Bonchev–Trinajstić information content (AvgIpc) is 2.30. The number of benzene rings is 1. The molecule has 0 unspecified atom stereocenters. The molecule has 1 rings (SSSR count). The molecule has 0 aliphatic rings. The van der Waals surface area contributed by atoms with Gasteiger partial charge in [-0.2, -0.15) is 0 Å². The van der Waals surface area contributed by atoms with Crippen LogP contribution in [0, 0.1) is 5.82 Å². The van der Waals surface area contributed by atoms with Crippen LogP contribution >= 0.6 is 0 Å². The molecule has 0 saturated carbocycles. The van der Waals surface area contributed by atoms with Gasteiger partial charge < -0.3 is 4.74 Å². The van der Waals surface area contributed by atoms with Gasteiger partial charge >= 0.3 is 0 Å². The first-order valence-electron chi connectivity index (χ1n) is 5.65. The second kappa shape index (κ2) is 6.99. The molecular formula is C13H17FO2. The number of unbranched alkanes of at least 4 members (excludes halogenated alkanes) is 3. The Balaban J connectivity index is 2.44. The third kappa shape index (κ3) is 4.01. The van der Waals surface area contributed by atoms with E-state index in [0.29, 0.717) is 18.6 Å². The van der Waals surface area contributed by atoms with Crippen LogP contribution in [0.5, 0.6) is 5.75 Å². The van der Waals surface area contributed by atoms with Crippen LogP contribution in [0.25, 0.3) is 0 Å². The van der Waals surface area contributed by atoms with Gasteiger partial charge in [0.1, 0.15) is 11.6 Å². The van der Waals surface area contributed by atoms with Crippen LogP contribution in [0.3, 0.4) is 0 Å². The van der Waals surface area contributed by atoms with Gasteiger partial charge in [0.05, 0.1) is 12.2 Å². The largest absolute Gasteiger partial charge is 0.493 e. The maximum atomic E-state index is 12.8.